The number of rotatable bonds is 5. The first-order chi connectivity index (χ1) is 9.15. The van der Waals surface area contributed by atoms with Gasteiger partial charge in [-0.05, 0) is 5.56 Å². The van der Waals surface area contributed by atoms with E-state index in [4.69, 9.17) is 5.11 Å². The fraction of sp³-hybridized carbons (Fsp3) is 0.154. The minimum atomic E-state index is -1.04. The molecular weight excluding hydrogens is 264 g/mol. The maximum atomic E-state index is 11.6. The number of aromatic amines is 1. The molecule has 0 amide bonds. The number of nitrogens with one attached hydrogen (secondary N) is 1. The quantitative estimate of drug-likeness (QED) is 0.641. The summed E-state index contributed by atoms with van der Waals surface area (Å²) < 4.78 is 0. The highest BCUT2D eigenvalue weighted by molar-refractivity contribution is 7.98. The van der Waals surface area contributed by atoms with Crippen LogP contribution in [0.1, 0.15) is 11.1 Å². The number of nitrogens with zero attached hydrogens (tertiary/aromatic N) is 1. The maximum absolute atomic E-state index is 11.6. The van der Waals surface area contributed by atoms with Crippen LogP contribution in [-0.2, 0) is 17.0 Å². The van der Waals surface area contributed by atoms with Crippen LogP contribution in [0.25, 0.3) is 0 Å². The molecule has 98 valence electrons. The Bertz CT molecular complexity index is 625. The van der Waals surface area contributed by atoms with Crippen molar-refractivity contribution in [3.8, 4) is 0 Å². The Hall–Kier alpha value is -2.08. The van der Waals surface area contributed by atoms with E-state index < -0.39 is 11.5 Å². The number of hydrogen-bond acceptors (Lipinski definition) is 4. The molecule has 2 aromatic rings. The zero-order valence-corrected chi connectivity index (χ0v) is 10.8. The van der Waals surface area contributed by atoms with Crippen LogP contribution in [0.4, 0.5) is 0 Å². The second-order valence-electron chi connectivity index (χ2n) is 3.89. The van der Waals surface area contributed by atoms with Gasteiger partial charge in [-0.2, -0.15) is 0 Å². The summed E-state index contributed by atoms with van der Waals surface area (Å²) in [6.45, 7) is 0. The third-order valence-corrected chi connectivity index (χ3v) is 3.37. The first-order valence-electron chi connectivity index (χ1n) is 5.62. The van der Waals surface area contributed by atoms with Crippen LogP contribution in [0.3, 0.4) is 0 Å². The Morgan fingerprint density at radius 2 is 2.05 bits per heavy atom. The van der Waals surface area contributed by atoms with Gasteiger partial charge in [-0.3, -0.25) is 9.59 Å². The molecule has 0 unspecified atom stereocenters. The van der Waals surface area contributed by atoms with Gasteiger partial charge >= 0.3 is 5.97 Å². The summed E-state index contributed by atoms with van der Waals surface area (Å²) in [5, 5.41) is 9.12. The second kappa shape index (κ2) is 6.19. The van der Waals surface area contributed by atoms with Gasteiger partial charge in [0.15, 0.2) is 5.16 Å². The van der Waals surface area contributed by atoms with Crippen molar-refractivity contribution in [1.29, 1.82) is 0 Å². The lowest BCUT2D eigenvalue weighted by Crippen LogP contribution is -2.17. The van der Waals surface area contributed by atoms with Gasteiger partial charge in [0.25, 0.3) is 5.56 Å². The summed E-state index contributed by atoms with van der Waals surface area (Å²) in [6.07, 6.45) is 1.01. The molecule has 6 heteroatoms. The fourth-order valence-corrected chi connectivity index (χ4v) is 2.28. The van der Waals surface area contributed by atoms with E-state index in [9.17, 15) is 9.59 Å². The third kappa shape index (κ3) is 3.96. The van der Waals surface area contributed by atoms with Crippen LogP contribution in [0.15, 0.2) is 46.5 Å². The van der Waals surface area contributed by atoms with Gasteiger partial charge in [-0.15, -0.1) is 0 Å². The lowest BCUT2D eigenvalue weighted by Gasteiger charge is -2.02. The number of carbonyl (C=O) groups is 1. The molecule has 0 radical (unpaired) electrons. The van der Waals surface area contributed by atoms with Gasteiger partial charge in [0.1, 0.15) is 0 Å². The summed E-state index contributed by atoms with van der Waals surface area (Å²) in [7, 11) is 0. The van der Waals surface area contributed by atoms with Crippen molar-refractivity contribution >= 4 is 17.7 Å². The number of hydrogen-bond donors (Lipinski definition) is 2. The van der Waals surface area contributed by atoms with Crippen molar-refractivity contribution < 1.29 is 9.90 Å². The average molecular weight is 276 g/mol. The normalized spacial score (nSPS) is 10.3. The monoisotopic (exact) mass is 276 g/mol. The minimum Gasteiger partial charge on any atom is -0.481 e. The van der Waals surface area contributed by atoms with Crippen molar-refractivity contribution in [2.75, 3.05) is 0 Å². The largest absolute Gasteiger partial charge is 0.481 e. The van der Waals surface area contributed by atoms with E-state index in [1.807, 2.05) is 30.3 Å². The molecule has 1 aromatic heterocycles. The fourth-order valence-electron chi connectivity index (χ4n) is 1.49. The van der Waals surface area contributed by atoms with Gasteiger partial charge < -0.3 is 10.1 Å². The van der Waals surface area contributed by atoms with Crippen molar-refractivity contribution in [2.24, 2.45) is 0 Å². The highest BCUT2D eigenvalue weighted by Gasteiger charge is 2.07. The average Bonchev–Trinajstić information content (AvgIpc) is 2.40. The summed E-state index contributed by atoms with van der Waals surface area (Å²) in [5.41, 5.74) is 0.897. The Labute approximate surface area is 113 Å². The SMILES string of the molecule is O=C(O)Cc1cnc(SCc2ccccc2)[nH]c1=O. The standard InChI is InChI=1S/C13H12N2O3S/c16-11(17)6-10-7-14-13(15-12(10)18)19-8-9-4-2-1-3-5-9/h1-5,7H,6,8H2,(H,16,17)(H,14,15,18). The van der Waals surface area contributed by atoms with Gasteiger partial charge in [-0.25, -0.2) is 4.98 Å². The molecule has 2 N–H and O–H groups in total. The summed E-state index contributed by atoms with van der Waals surface area (Å²) in [5.74, 6) is -0.348. The predicted octanol–water partition coefficient (Wildman–Crippen LogP) is 1.69. The molecule has 0 aliphatic heterocycles. The summed E-state index contributed by atoms with van der Waals surface area (Å²) in [6, 6.07) is 9.81. The molecule has 0 atom stereocenters. The zero-order chi connectivity index (χ0) is 13.7. The Kier molecular flexibility index (Phi) is 4.35. The molecule has 0 spiro atoms. The van der Waals surface area contributed by atoms with Gasteiger partial charge in [0, 0.05) is 17.5 Å². The zero-order valence-electron chi connectivity index (χ0n) is 10.00. The van der Waals surface area contributed by atoms with Crippen molar-refractivity contribution in [2.45, 2.75) is 17.3 Å². The van der Waals surface area contributed by atoms with Crippen LogP contribution >= 0.6 is 11.8 Å². The molecule has 2 rings (SSSR count). The molecule has 1 heterocycles. The number of carboxylic acids is 1. The maximum Gasteiger partial charge on any atom is 0.308 e. The number of thioether (sulfide) groups is 1. The molecule has 0 saturated carbocycles. The number of carboxylic acid groups (broad SMARTS) is 1. The Morgan fingerprint density at radius 1 is 1.32 bits per heavy atom. The van der Waals surface area contributed by atoms with E-state index in [2.05, 4.69) is 9.97 Å². The third-order valence-electron chi connectivity index (χ3n) is 2.41. The summed E-state index contributed by atoms with van der Waals surface area (Å²) in [4.78, 5) is 28.8. The number of aliphatic carboxylic acids is 1. The number of benzene rings is 1. The molecule has 0 fully saturated rings. The van der Waals surface area contributed by atoms with E-state index in [1.54, 1.807) is 0 Å². The van der Waals surface area contributed by atoms with E-state index in [0.29, 0.717) is 10.9 Å². The van der Waals surface area contributed by atoms with Crippen LogP contribution in [0.2, 0.25) is 0 Å². The highest BCUT2D eigenvalue weighted by atomic mass is 32.2. The van der Waals surface area contributed by atoms with E-state index in [-0.39, 0.29) is 12.0 Å². The first-order valence-corrected chi connectivity index (χ1v) is 6.60. The van der Waals surface area contributed by atoms with Crippen LogP contribution < -0.4 is 5.56 Å². The number of H-pyrrole nitrogens is 1. The predicted molar refractivity (Wildman–Crippen MR) is 72.2 cm³/mol. The van der Waals surface area contributed by atoms with Crippen LogP contribution in [0.5, 0.6) is 0 Å². The molecule has 5 nitrogen and oxygen atoms in total. The first kappa shape index (κ1) is 13.4. The van der Waals surface area contributed by atoms with E-state index >= 15 is 0 Å². The minimum absolute atomic E-state index is 0.163. The van der Waals surface area contributed by atoms with Crippen molar-refractivity contribution in [3.63, 3.8) is 0 Å². The smallest absolute Gasteiger partial charge is 0.308 e. The summed E-state index contributed by atoms with van der Waals surface area (Å²) >= 11 is 1.40. The lowest BCUT2D eigenvalue weighted by atomic mass is 10.2. The van der Waals surface area contributed by atoms with Crippen molar-refractivity contribution in [1.82, 2.24) is 9.97 Å². The van der Waals surface area contributed by atoms with Crippen LogP contribution in [0, 0.1) is 0 Å². The molecule has 0 bridgehead atoms. The molecule has 1 aromatic carbocycles. The van der Waals surface area contributed by atoms with Gasteiger partial charge in [-0.1, -0.05) is 42.1 Å². The molecule has 0 saturated heterocycles. The van der Waals surface area contributed by atoms with Gasteiger partial charge in [0.2, 0.25) is 0 Å². The molecule has 0 aliphatic carbocycles. The molecular formula is C13H12N2O3S. The Balaban J connectivity index is 2.04. The topological polar surface area (TPSA) is 83.0 Å². The highest BCUT2D eigenvalue weighted by Crippen LogP contribution is 2.17. The Morgan fingerprint density at radius 3 is 2.68 bits per heavy atom. The van der Waals surface area contributed by atoms with Gasteiger partial charge in [0.05, 0.1) is 6.42 Å². The number of aromatic nitrogens is 2. The lowest BCUT2D eigenvalue weighted by molar-refractivity contribution is -0.136. The second-order valence-corrected chi connectivity index (χ2v) is 4.85. The molecule has 19 heavy (non-hydrogen) atoms. The van der Waals surface area contributed by atoms with E-state index in [1.165, 1.54) is 18.0 Å². The van der Waals surface area contributed by atoms with Crippen molar-refractivity contribution in [3.05, 3.63) is 58.0 Å². The van der Waals surface area contributed by atoms with E-state index in [0.717, 1.165) is 5.56 Å². The molecule has 0 aliphatic rings. The van der Waals surface area contributed by atoms with Crippen LogP contribution in [-0.4, -0.2) is 21.0 Å².